The molecule has 100 valence electrons. The van der Waals surface area contributed by atoms with Crippen molar-refractivity contribution in [1.82, 2.24) is 0 Å². The van der Waals surface area contributed by atoms with Crippen molar-refractivity contribution in [2.45, 2.75) is 24.4 Å². The van der Waals surface area contributed by atoms with Crippen LogP contribution in [0.2, 0.25) is 0 Å². The molecule has 1 aromatic carbocycles. The van der Waals surface area contributed by atoms with Crippen LogP contribution >= 0.6 is 22.5 Å². The van der Waals surface area contributed by atoms with E-state index in [9.17, 15) is 17.6 Å². The Bertz CT molecular complexity index is 467. The minimum absolute atomic E-state index is 0.0988. The third-order valence-electron chi connectivity index (χ3n) is 2.41. The molecule has 1 aromatic rings. The average molecular weight is 300 g/mol. The number of rotatable bonds is 2. The van der Waals surface area contributed by atoms with Crippen LogP contribution in [0.1, 0.15) is 17.7 Å². The van der Waals surface area contributed by atoms with Crippen molar-refractivity contribution in [3.63, 3.8) is 0 Å². The predicted molar refractivity (Wildman–Crippen MR) is 62.6 cm³/mol. The zero-order chi connectivity index (χ0) is 13.6. The van der Waals surface area contributed by atoms with Crippen LogP contribution < -0.4 is 9.47 Å². The second-order valence-corrected chi connectivity index (χ2v) is 5.24. The number of alkyl halides is 4. The van der Waals surface area contributed by atoms with Crippen molar-refractivity contribution in [2.75, 3.05) is 0 Å². The molecular weight excluding hydrogens is 292 g/mol. The predicted octanol–water partition coefficient (Wildman–Crippen LogP) is 4.28. The van der Waals surface area contributed by atoms with E-state index >= 15 is 0 Å². The quantitative estimate of drug-likeness (QED) is 0.499. The summed E-state index contributed by atoms with van der Waals surface area (Å²) in [6.07, 6.45) is -9.36. The first kappa shape index (κ1) is 13.7. The van der Waals surface area contributed by atoms with Crippen molar-refractivity contribution < 1.29 is 27.0 Å². The SMILES string of the molecule is CC(SS)c1ccc2c(c1)OC(F)(F)C(F)(F)O2. The van der Waals surface area contributed by atoms with Crippen molar-refractivity contribution in [3.05, 3.63) is 23.8 Å². The Hall–Kier alpha value is -0.760. The molecule has 1 aliphatic rings. The van der Waals surface area contributed by atoms with Gasteiger partial charge in [-0.2, -0.15) is 17.6 Å². The topological polar surface area (TPSA) is 18.5 Å². The Labute approximate surface area is 109 Å². The minimum atomic E-state index is -4.68. The molecule has 0 saturated carbocycles. The molecule has 0 fully saturated rings. The Morgan fingerprint density at radius 1 is 1.11 bits per heavy atom. The van der Waals surface area contributed by atoms with Gasteiger partial charge >= 0.3 is 12.2 Å². The normalized spacial score (nSPS) is 21.4. The average Bonchev–Trinajstić information content (AvgIpc) is 2.28. The fourth-order valence-corrected chi connectivity index (χ4v) is 2.03. The molecular formula is C10H8F4O2S2. The van der Waals surface area contributed by atoms with E-state index in [0.717, 1.165) is 0 Å². The standard InChI is InChI=1S/C10H8F4O2S2/c1-5(18-17)6-2-3-7-8(4-6)16-10(13,14)9(11,12)15-7/h2-5,17H,1H3. The smallest absolute Gasteiger partial charge is 0.421 e. The van der Waals surface area contributed by atoms with Crippen LogP contribution in [0.5, 0.6) is 11.5 Å². The van der Waals surface area contributed by atoms with E-state index in [0.29, 0.717) is 5.56 Å². The summed E-state index contributed by atoms with van der Waals surface area (Å²) in [5, 5.41) is -0.0988. The van der Waals surface area contributed by atoms with E-state index < -0.39 is 23.7 Å². The summed E-state index contributed by atoms with van der Waals surface area (Å²) in [6.45, 7) is 1.79. The highest BCUT2D eigenvalue weighted by Crippen LogP contribution is 2.48. The van der Waals surface area contributed by atoms with Crippen molar-refractivity contribution in [1.29, 1.82) is 0 Å². The van der Waals surface area contributed by atoms with Crippen molar-refractivity contribution in [2.24, 2.45) is 0 Å². The number of benzene rings is 1. The molecule has 18 heavy (non-hydrogen) atoms. The molecule has 0 bridgehead atoms. The molecule has 0 radical (unpaired) electrons. The molecule has 0 N–H and O–H groups in total. The lowest BCUT2D eigenvalue weighted by Crippen LogP contribution is -2.52. The molecule has 2 rings (SSSR count). The molecule has 8 heteroatoms. The monoisotopic (exact) mass is 300 g/mol. The first-order chi connectivity index (χ1) is 8.27. The summed E-state index contributed by atoms with van der Waals surface area (Å²) in [5.74, 6) is -0.816. The molecule has 1 atom stereocenters. The lowest BCUT2D eigenvalue weighted by molar-refractivity contribution is -0.391. The fraction of sp³-hybridized carbons (Fsp3) is 0.400. The Morgan fingerprint density at radius 3 is 2.22 bits per heavy atom. The maximum Gasteiger partial charge on any atom is 0.507 e. The third kappa shape index (κ3) is 2.23. The largest absolute Gasteiger partial charge is 0.507 e. The zero-order valence-electron chi connectivity index (χ0n) is 8.99. The molecule has 1 aliphatic heterocycles. The third-order valence-corrected chi connectivity index (χ3v) is 3.95. The van der Waals surface area contributed by atoms with Gasteiger partial charge in [0.1, 0.15) is 0 Å². The van der Waals surface area contributed by atoms with Gasteiger partial charge in [0.05, 0.1) is 0 Å². The number of thiol groups is 1. The zero-order valence-corrected chi connectivity index (χ0v) is 10.7. The summed E-state index contributed by atoms with van der Waals surface area (Å²) in [7, 11) is 1.19. The summed E-state index contributed by atoms with van der Waals surface area (Å²) in [4.78, 5) is 0. The maximum absolute atomic E-state index is 13.0. The molecule has 0 aromatic heterocycles. The summed E-state index contributed by atoms with van der Waals surface area (Å²) >= 11 is 3.99. The summed E-state index contributed by atoms with van der Waals surface area (Å²) < 4.78 is 59.7. The lowest BCUT2D eigenvalue weighted by atomic mass is 10.1. The van der Waals surface area contributed by atoms with E-state index in [2.05, 4.69) is 21.1 Å². The second kappa shape index (κ2) is 4.41. The lowest BCUT2D eigenvalue weighted by Gasteiger charge is -2.32. The van der Waals surface area contributed by atoms with Crippen LogP contribution in [0, 0.1) is 0 Å². The number of halogens is 4. The van der Waals surface area contributed by atoms with Crippen LogP contribution in [0.4, 0.5) is 17.6 Å². The van der Waals surface area contributed by atoms with Gasteiger partial charge in [0.15, 0.2) is 11.5 Å². The van der Waals surface area contributed by atoms with Gasteiger partial charge in [-0.25, -0.2) is 0 Å². The van der Waals surface area contributed by atoms with Gasteiger partial charge < -0.3 is 9.47 Å². The minimum Gasteiger partial charge on any atom is -0.421 e. The Morgan fingerprint density at radius 2 is 1.67 bits per heavy atom. The van der Waals surface area contributed by atoms with Crippen LogP contribution in [-0.4, -0.2) is 12.2 Å². The fourth-order valence-electron chi connectivity index (χ4n) is 1.40. The van der Waals surface area contributed by atoms with E-state index in [1.807, 2.05) is 0 Å². The highest BCUT2D eigenvalue weighted by atomic mass is 33.1. The number of hydrogen-bond donors (Lipinski definition) is 1. The van der Waals surface area contributed by atoms with E-state index in [4.69, 9.17) is 0 Å². The second-order valence-electron chi connectivity index (χ2n) is 3.69. The summed E-state index contributed by atoms with van der Waals surface area (Å²) in [6, 6.07) is 3.91. The van der Waals surface area contributed by atoms with E-state index in [1.54, 1.807) is 6.92 Å². The molecule has 1 heterocycles. The van der Waals surface area contributed by atoms with Gasteiger partial charge in [-0.3, -0.25) is 0 Å². The van der Waals surface area contributed by atoms with Crippen LogP contribution in [-0.2, 0) is 0 Å². The summed E-state index contributed by atoms with van der Waals surface area (Å²) in [5.41, 5.74) is 0.623. The van der Waals surface area contributed by atoms with Gasteiger partial charge in [-0.15, -0.1) is 11.7 Å². The van der Waals surface area contributed by atoms with Crippen molar-refractivity contribution >= 4 is 22.5 Å². The molecule has 1 unspecified atom stereocenters. The van der Waals surface area contributed by atoms with Gasteiger partial charge in [-0.05, 0) is 24.6 Å². The van der Waals surface area contributed by atoms with Crippen LogP contribution in [0.3, 0.4) is 0 Å². The van der Waals surface area contributed by atoms with Gasteiger partial charge in [0.25, 0.3) is 0 Å². The van der Waals surface area contributed by atoms with E-state index in [-0.39, 0.29) is 5.25 Å². The Kier molecular flexibility index (Phi) is 3.35. The van der Waals surface area contributed by atoms with Gasteiger partial charge in [0, 0.05) is 5.25 Å². The molecule has 0 amide bonds. The van der Waals surface area contributed by atoms with Crippen LogP contribution in [0.25, 0.3) is 0 Å². The molecule has 0 spiro atoms. The van der Waals surface area contributed by atoms with Crippen LogP contribution in [0.15, 0.2) is 18.2 Å². The Balaban J connectivity index is 2.39. The highest BCUT2D eigenvalue weighted by molar-refractivity contribution is 8.68. The van der Waals surface area contributed by atoms with Gasteiger partial charge in [0.2, 0.25) is 0 Å². The number of ether oxygens (including phenoxy) is 2. The maximum atomic E-state index is 13.0. The molecule has 2 nitrogen and oxygen atoms in total. The van der Waals surface area contributed by atoms with E-state index in [1.165, 1.54) is 29.0 Å². The van der Waals surface area contributed by atoms with Gasteiger partial charge in [-0.1, -0.05) is 16.9 Å². The highest BCUT2D eigenvalue weighted by Gasteiger charge is 2.65. The van der Waals surface area contributed by atoms with Crippen molar-refractivity contribution in [3.8, 4) is 11.5 Å². The number of fused-ring (bicyclic) bond motifs is 1. The molecule has 0 saturated heterocycles. The first-order valence-electron chi connectivity index (χ1n) is 4.84. The first-order valence-corrected chi connectivity index (χ1v) is 6.78. The number of hydrogen-bond acceptors (Lipinski definition) is 4. The molecule has 0 aliphatic carbocycles.